The molecule has 1 aromatic heterocycles. The first-order valence-electron chi connectivity index (χ1n) is 5.44. The highest BCUT2D eigenvalue weighted by atomic mass is 16.6. The van der Waals surface area contributed by atoms with Gasteiger partial charge in [-0.3, -0.25) is 10.3 Å². The van der Waals surface area contributed by atoms with Crippen LogP contribution < -0.4 is 5.32 Å². The van der Waals surface area contributed by atoms with Gasteiger partial charge in [0.25, 0.3) is 0 Å². The van der Waals surface area contributed by atoms with E-state index in [-0.39, 0.29) is 12.2 Å². The van der Waals surface area contributed by atoms with Gasteiger partial charge in [0.1, 0.15) is 0 Å². The van der Waals surface area contributed by atoms with Crippen LogP contribution in [-0.2, 0) is 4.74 Å². The van der Waals surface area contributed by atoms with E-state index >= 15 is 0 Å². The van der Waals surface area contributed by atoms with Crippen LogP contribution in [0.25, 0.3) is 10.9 Å². The minimum absolute atomic E-state index is 0.304. The summed E-state index contributed by atoms with van der Waals surface area (Å²) < 4.78 is 5.16. The number of hydrogen-bond acceptors (Lipinski definition) is 4. The number of rotatable bonds is 3. The fraction of sp³-hybridized carbons (Fsp3) is 0.231. The number of hydrogen-bond donors (Lipinski definition) is 1. The Hall–Kier alpha value is -1.94. The second-order valence-electron chi connectivity index (χ2n) is 3.75. The van der Waals surface area contributed by atoms with Crippen LogP contribution in [0.4, 0.5) is 0 Å². The molecule has 0 saturated carbocycles. The minimum atomic E-state index is -0.348. The largest absolute Gasteiger partial charge is 0.443 e. The molecule has 2 aromatic rings. The van der Waals surface area contributed by atoms with Gasteiger partial charge in [-0.1, -0.05) is 12.1 Å². The Morgan fingerprint density at radius 1 is 1.41 bits per heavy atom. The zero-order valence-electron chi connectivity index (χ0n) is 9.81. The Bertz CT molecular complexity index is 540. The van der Waals surface area contributed by atoms with E-state index < -0.39 is 0 Å². The Morgan fingerprint density at radius 2 is 2.24 bits per heavy atom. The molecule has 0 amide bonds. The van der Waals surface area contributed by atoms with E-state index in [0.29, 0.717) is 5.56 Å². The Morgan fingerprint density at radius 3 is 3.00 bits per heavy atom. The van der Waals surface area contributed by atoms with Gasteiger partial charge in [0.05, 0.1) is 11.1 Å². The maximum atomic E-state index is 11.8. The lowest BCUT2D eigenvalue weighted by Crippen LogP contribution is -2.27. The molecule has 0 aliphatic rings. The monoisotopic (exact) mass is 230 g/mol. The van der Waals surface area contributed by atoms with Crippen molar-refractivity contribution >= 4 is 16.9 Å². The van der Waals surface area contributed by atoms with Crippen LogP contribution in [0.3, 0.4) is 0 Å². The van der Waals surface area contributed by atoms with Crippen molar-refractivity contribution in [3.05, 3.63) is 42.1 Å². The molecule has 0 saturated heterocycles. The Labute approximate surface area is 99.6 Å². The number of fused-ring (bicyclic) bond motifs is 1. The lowest BCUT2D eigenvalue weighted by Gasteiger charge is -2.11. The van der Waals surface area contributed by atoms with Crippen molar-refractivity contribution < 1.29 is 9.53 Å². The predicted octanol–water partition coefficient (Wildman–Crippen LogP) is 1.96. The van der Waals surface area contributed by atoms with E-state index in [1.165, 1.54) is 0 Å². The second kappa shape index (κ2) is 4.93. The fourth-order valence-corrected chi connectivity index (χ4v) is 1.48. The van der Waals surface area contributed by atoms with Gasteiger partial charge in [0.2, 0.25) is 0 Å². The second-order valence-corrected chi connectivity index (χ2v) is 3.75. The average molecular weight is 230 g/mol. The third-order valence-electron chi connectivity index (χ3n) is 2.53. The molecule has 17 heavy (non-hydrogen) atoms. The summed E-state index contributed by atoms with van der Waals surface area (Å²) in [7, 11) is 1.74. The summed E-state index contributed by atoms with van der Waals surface area (Å²) in [6.45, 7) is 1.77. The number of carbonyl (C=O) groups is 1. The molecule has 0 fully saturated rings. The van der Waals surface area contributed by atoms with Crippen LogP contribution in [0.2, 0.25) is 0 Å². The molecule has 1 atom stereocenters. The third kappa shape index (κ3) is 2.60. The number of benzene rings is 1. The molecule has 0 spiro atoms. The van der Waals surface area contributed by atoms with Crippen molar-refractivity contribution in [3.63, 3.8) is 0 Å². The minimum Gasteiger partial charge on any atom is -0.443 e. The van der Waals surface area contributed by atoms with Crippen molar-refractivity contribution in [2.75, 3.05) is 7.05 Å². The molecular formula is C13H14N2O2. The molecule has 0 aliphatic heterocycles. The smallest absolute Gasteiger partial charge is 0.339 e. The summed E-state index contributed by atoms with van der Waals surface area (Å²) in [5, 5.41) is 3.85. The van der Waals surface area contributed by atoms with Crippen LogP contribution in [0, 0.1) is 0 Å². The molecule has 2 rings (SSSR count). The molecule has 4 heteroatoms. The normalized spacial score (nSPS) is 12.4. The molecular weight excluding hydrogens is 216 g/mol. The van der Waals surface area contributed by atoms with Crippen molar-refractivity contribution in [1.29, 1.82) is 0 Å². The highest BCUT2D eigenvalue weighted by Crippen LogP contribution is 2.14. The van der Waals surface area contributed by atoms with Crippen molar-refractivity contribution in [2.24, 2.45) is 0 Å². The number of nitrogens with zero attached hydrogens (tertiary/aromatic N) is 1. The third-order valence-corrected chi connectivity index (χ3v) is 2.53. The molecule has 88 valence electrons. The van der Waals surface area contributed by atoms with Crippen LogP contribution in [0.5, 0.6) is 0 Å². The number of ether oxygens (including phenoxy) is 1. The zero-order chi connectivity index (χ0) is 12.3. The molecule has 1 N–H and O–H groups in total. The van der Waals surface area contributed by atoms with E-state index in [2.05, 4.69) is 10.3 Å². The van der Waals surface area contributed by atoms with Crippen LogP contribution in [-0.4, -0.2) is 24.2 Å². The molecule has 0 aliphatic carbocycles. The number of carbonyl (C=O) groups excluding carboxylic acids is 1. The van der Waals surface area contributed by atoms with Gasteiger partial charge < -0.3 is 4.74 Å². The zero-order valence-corrected chi connectivity index (χ0v) is 9.81. The number of esters is 1. The summed E-state index contributed by atoms with van der Waals surface area (Å²) in [6.07, 6.45) is 1.40. The van der Waals surface area contributed by atoms with E-state index in [1.54, 1.807) is 32.3 Å². The van der Waals surface area contributed by atoms with Crippen molar-refractivity contribution in [3.8, 4) is 0 Å². The Balaban J connectivity index is 2.27. The lowest BCUT2D eigenvalue weighted by atomic mass is 10.1. The predicted molar refractivity (Wildman–Crippen MR) is 65.7 cm³/mol. The molecule has 1 unspecified atom stereocenters. The van der Waals surface area contributed by atoms with Crippen LogP contribution >= 0.6 is 0 Å². The molecule has 4 nitrogen and oxygen atoms in total. The molecule has 0 bridgehead atoms. The van der Waals surface area contributed by atoms with Gasteiger partial charge >= 0.3 is 5.97 Å². The van der Waals surface area contributed by atoms with Gasteiger partial charge in [0.15, 0.2) is 6.23 Å². The fourth-order valence-electron chi connectivity index (χ4n) is 1.48. The average Bonchev–Trinajstić information content (AvgIpc) is 2.38. The first-order chi connectivity index (χ1) is 8.20. The maximum Gasteiger partial charge on any atom is 0.339 e. The van der Waals surface area contributed by atoms with Gasteiger partial charge in [-0.15, -0.1) is 0 Å². The maximum absolute atomic E-state index is 11.8. The molecule has 1 heterocycles. The highest BCUT2D eigenvalue weighted by Gasteiger charge is 2.11. The number of pyridine rings is 1. The van der Waals surface area contributed by atoms with Gasteiger partial charge in [-0.05, 0) is 32.2 Å². The topological polar surface area (TPSA) is 51.2 Å². The SMILES string of the molecule is CNC(C)OC(=O)c1ccc2cccnc2c1. The molecule has 0 radical (unpaired) electrons. The van der Waals surface area contributed by atoms with Gasteiger partial charge in [-0.2, -0.15) is 0 Å². The standard InChI is InChI=1S/C13H14N2O2/c1-9(14-2)17-13(16)11-6-5-10-4-3-7-15-12(10)8-11/h3-9,14H,1-2H3. The van der Waals surface area contributed by atoms with Crippen molar-refractivity contribution in [2.45, 2.75) is 13.2 Å². The van der Waals surface area contributed by atoms with E-state index in [0.717, 1.165) is 10.9 Å². The van der Waals surface area contributed by atoms with E-state index in [1.807, 2.05) is 18.2 Å². The van der Waals surface area contributed by atoms with E-state index in [9.17, 15) is 4.79 Å². The first kappa shape index (κ1) is 11.5. The Kier molecular flexibility index (Phi) is 3.35. The van der Waals surface area contributed by atoms with Crippen molar-refractivity contribution in [1.82, 2.24) is 10.3 Å². The van der Waals surface area contributed by atoms with Gasteiger partial charge in [0, 0.05) is 11.6 Å². The number of nitrogens with one attached hydrogen (secondary N) is 1. The quantitative estimate of drug-likeness (QED) is 0.647. The summed E-state index contributed by atoms with van der Waals surface area (Å²) >= 11 is 0. The summed E-state index contributed by atoms with van der Waals surface area (Å²) in [5.41, 5.74) is 1.30. The molecule has 1 aromatic carbocycles. The van der Waals surface area contributed by atoms with Gasteiger partial charge in [-0.25, -0.2) is 4.79 Å². The lowest BCUT2D eigenvalue weighted by molar-refractivity contribution is 0.0285. The first-order valence-corrected chi connectivity index (χ1v) is 5.44. The summed E-state index contributed by atoms with van der Waals surface area (Å²) in [4.78, 5) is 16.0. The highest BCUT2D eigenvalue weighted by molar-refractivity contribution is 5.94. The summed E-state index contributed by atoms with van der Waals surface area (Å²) in [6, 6.07) is 9.16. The summed E-state index contributed by atoms with van der Waals surface area (Å²) in [5.74, 6) is -0.348. The van der Waals surface area contributed by atoms with E-state index in [4.69, 9.17) is 4.74 Å². The van der Waals surface area contributed by atoms with Crippen LogP contribution in [0.1, 0.15) is 17.3 Å². The number of aromatic nitrogens is 1. The van der Waals surface area contributed by atoms with Crippen LogP contribution in [0.15, 0.2) is 36.5 Å².